The van der Waals surface area contributed by atoms with Gasteiger partial charge in [0.1, 0.15) is 0 Å². The third kappa shape index (κ3) is 5.49. The first kappa shape index (κ1) is 15.0. The monoisotopic (exact) mass is 270 g/mol. The van der Waals surface area contributed by atoms with Gasteiger partial charge in [-0.2, -0.15) is 0 Å². The SMILES string of the molecule is CCOC(C)CNCC(=O)Nc1ccccc1Cl. The van der Waals surface area contributed by atoms with Crippen molar-refractivity contribution >= 4 is 23.2 Å². The van der Waals surface area contributed by atoms with Crippen LogP contribution in [-0.2, 0) is 9.53 Å². The van der Waals surface area contributed by atoms with Crippen LogP contribution in [0.3, 0.4) is 0 Å². The minimum atomic E-state index is -0.119. The standard InChI is InChI=1S/C13H19ClN2O2/c1-3-18-10(2)8-15-9-13(17)16-12-7-5-4-6-11(12)14/h4-7,10,15H,3,8-9H2,1-2H3,(H,16,17). The molecule has 1 amide bonds. The molecule has 0 saturated heterocycles. The lowest BCUT2D eigenvalue weighted by Crippen LogP contribution is -2.33. The van der Waals surface area contributed by atoms with Crippen LogP contribution in [0.1, 0.15) is 13.8 Å². The highest BCUT2D eigenvalue weighted by Gasteiger charge is 2.06. The van der Waals surface area contributed by atoms with E-state index in [9.17, 15) is 4.79 Å². The predicted octanol–water partition coefficient (Wildman–Crippen LogP) is 2.29. The summed E-state index contributed by atoms with van der Waals surface area (Å²) in [6.45, 7) is 5.46. The molecule has 2 N–H and O–H groups in total. The van der Waals surface area contributed by atoms with Gasteiger partial charge < -0.3 is 15.4 Å². The Morgan fingerprint density at radius 3 is 2.83 bits per heavy atom. The molecule has 0 fully saturated rings. The lowest BCUT2D eigenvalue weighted by Gasteiger charge is -2.12. The molecule has 1 rings (SSSR count). The summed E-state index contributed by atoms with van der Waals surface area (Å²) in [4.78, 5) is 11.6. The summed E-state index contributed by atoms with van der Waals surface area (Å²) in [6, 6.07) is 7.15. The molecule has 0 heterocycles. The molecule has 0 radical (unpaired) electrons. The van der Waals surface area contributed by atoms with Crippen molar-refractivity contribution in [3.63, 3.8) is 0 Å². The number of para-hydroxylation sites is 1. The van der Waals surface area contributed by atoms with Gasteiger partial charge in [0.15, 0.2) is 0 Å². The zero-order chi connectivity index (χ0) is 13.4. The van der Waals surface area contributed by atoms with Gasteiger partial charge in [-0.25, -0.2) is 0 Å². The van der Waals surface area contributed by atoms with Crippen molar-refractivity contribution in [3.05, 3.63) is 29.3 Å². The van der Waals surface area contributed by atoms with Crippen LogP contribution in [0.25, 0.3) is 0 Å². The third-order valence-electron chi connectivity index (χ3n) is 2.32. The average Bonchev–Trinajstić information content (AvgIpc) is 2.32. The van der Waals surface area contributed by atoms with Gasteiger partial charge in [-0.15, -0.1) is 0 Å². The van der Waals surface area contributed by atoms with Gasteiger partial charge in [-0.3, -0.25) is 4.79 Å². The minimum absolute atomic E-state index is 0.100. The first-order valence-corrected chi connectivity index (χ1v) is 6.38. The van der Waals surface area contributed by atoms with Gasteiger partial charge in [0, 0.05) is 13.2 Å². The highest BCUT2D eigenvalue weighted by Crippen LogP contribution is 2.19. The van der Waals surface area contributed by atoms with E-state index in [4.69, 9.17) is 16.3 Å². The van der Waals surface area contributed by atoms with Crippen LogP contribution >= 0.6 is 11.6 Å². The van der Waals surface area contributed by atoms with E-state index in [1.807, 2.05) is 26.0 Å². The number of carbonyl (C=O) groups is 1. The second-order valence-electron chi connectivity index (χ2n) is 3.92. The molecule has 4 nitrogen and oxygen atoms in total. The number of ether oxygens (including phenoxy) is 1. The van der Waals surface area contributed by atoms with Crippen LogP contribution in [0, 0.1) is 0 Å². The van der Waals surface area contributed by atoms with Gasteiger partial charge in [-0.05, 0) is 26.0 Å². The number of rotatable bonds is 7. The van der Waals surface area contributed by atoms with Crippen molar-refractivity contribution in [2.24, 2.45) is 0 Å². The van der Waals surface area contributed by atoms with Crippen molar-refractivity contribution < 1.29 is 9.53 Å². The molecule has 0 bridgehead atoms. The largest absolute Gasteiger partial charge is 0.377 e. The summed E-state index contributed by atoms with van der Waals surface area (Å²) in [7, 11) is 0. The summed E-state index contributed by atoms with van der Waals surface area (Å²) in [6.07, 6.45) is 0.100. The zero-order valence-corrected chi connectivity index (χ0v) is 11.5. The molecule has 0 aliphatic rings. The number of carbonyl (C=O) groups excluding carboxylic acids is 1. The molecular weight excluding hydrogens is 252 g/mol. The second kappa shape index (κ2) is 8.08. The number of amides is 1. The highest BCUT2D eigenvalue weighted by atomic mass is 35.5. The van der Waals surface area contributed by atoms with Crippen molar-refractivity contribution in [2.45, 2.75) is 20.0 Å². The Morgan fingerprint density at radius 2 is 2.17 bits per heavy atom. The number of hydrogen-bond acceptors (Lipinski definition) is 3. The van der Waals surface area contributed by atoms with Crippen LogP contribution in [0.2, 0.25) is 5.02 Å². The minimum Gasteiger partial charge on any atom is -0.377 e. The highest BCUT2D eigenvalue weighted by molar-refractivity contribution is 6.33. The molecule has 100 valence electrons. The zero-order valence-electron chi connectivity index (χ0n) is 10.7. The topological polar surface area (TPSA) is 50.4 Å². The van der Waals surface area contributed by atoms with E-state index in [0.29, 0.717) is 23.9 Å². The molecule has 0 aliphatic heterocycles. The van der Waals surface area contributed by atoms with Crippen molar-refractivity contribution in [1.29, 1.82) is 0 Å². The molecule has 0 spiro atoms. The summed E-state index contributed by atoms with van der Waals surface area (Å²) < 4.78 is 5.35. The number of benzene rings is 1. The molecular formula is C13H19ClN2O2. The molecule has 0 aliphatic carbocycles. The van der Waals surface area contributed by atoms with Crippen LogP contribution < -0.4 is 10.6 Å². The van der Waals surface area contributed by atoms with E-state index < -0.39 is 0 Å². The second-order valence-corrected chi connectivity index (χ2v) is 4.33. The fraction of sp³-hybridized carbons (Fsp3) is 0.462. The van der Waals surface area contributed by atoms with E-state index in [-0.39, 0.29) is 18.6 Å². The first-order chi connectivity index (χ1) is 8.63. The molecule has 1 unspecified atom stereocenters. The van der Waals surface area contributed by atoms with Crippen LogP contribution in [0.15, 0.2) is 24.3 Å². The van der Waals surface area contributed by atoms with Gasteiger partial charge in [-0.1, -0.05) is 23.7 Å². The van der Waals surface area contributed by atoms with E-state index in [1.54, 1.807) is 12.1 Å². The Bertz CT molecular complexity index is 385. The maximum atomic E-state index is 11.6. The van der Waals surface area contributed by atoms with Crippen molar-refractivity contribution in [2.75, 3.05) is 25.0 Å². The molecule has 18 heavy (non-hydrogen) atoms. The maximum absolute atomic E-state index is 11.6. The van der Waals surface area contributed by atoms with E-state index in [2.05, 4.69) is 10.6 Å². The smallest absolute Gasteiger partial charge is 0.238 e. The Morgan fingerprint density at radius 1 is 1.44 bits per heavy atom. The number of hydrogen-bond donors (Lipinski definition) is 2. The fourth-order valence-electron chi connectivity index (χ4n) is 1.49. The Kier molecular flexibility index (Phi) is 6.72. The molecule has 1 aromatic carbocycles. The lowest BCUT2D eigenvalue weighted by molar-refractivity contribution is -0.115. The quantitative estimate of drug-likeness (QED) is 0.799. The number of anilines is 1. The normalized spacial score (nSPS) is 12.2. The fourth-order valence-corrected chi connectivity index (χ4v) is 1.67. The van der Waals surface area contributed by atoms with Gasteiger partial charge in [0.25, 0.3) is 0 Å². The van der Waals surface area contributed by atoms with Crippen molar-refractivity contribution in [1.82, 2.24) is 5.32 Å². The van der Waals surface area contributed by atoms with E-state index >= 15 is 0 Å². The van der Waals surface area contributed by atoms with Crippen LogP contribution in [0.5, 0.6) is 0 Å². The Hall–Kier alpha value is -1.10. The van der Waals surface area contributed by atoms with E-state index in [0.717, 1.165) is 0 Å². The Balaban J connectivity index is 2.28. The van der Waals surface area contributed by atoms with E-state index in [1.165, 1.54) is 0 Å². The molecule has 1 atom stereocenters. The summed E-state index contributed by atoms with van der Waals surface area (Å²) in [5.41, 5.74) is 0.629. The predicted molar refractivity (Wildman–Crippen MR) is 74.0 cm³/mol. The number of nitrogens with one attached hydrogen (secondary N) is 2. The average molecular weight is 271 g/mol. The molecule has 1 aromatic rings. The van der Waals surface area contributed by atoms with Crippen LogP contribution in [0.4, 0.5) is 5.69 Å². The van der Waals surface area contributed by atoms with Crippen molar-refractivity contribution in [3.8, 4) is 0 Å². The number of halogens is 1. The maximum Gasteiger partial charge on any atom is 0.238 e. The van der Waals surface area contributed by atoms with Gasteiger partial charge in [0.05, 0.1) is 23.4 Å². The summed E-state index contributed by atoms with van der Waals surface area (Å²) >= 11 is 5.94. The summed E-state index contributed by atoms with van der Waals surface area (Å²) in [5, 5.41) is 6.31. The Labute approximate surface area is 113 Å². The van der Waals surface area contributed by atoms with Gasteiger partial charge in [0.2, 0.25) is 5.91 Å². The molecule has 0 aromatic heterocycles. The third-order valence-corrected chi connectivity index (χ3v) is 2.65. The summed E-state index contributed by atoms with van der Waals surface area (Å²) in [5.74, 6) is -0.119. The van der Waals surface area contributed by atoms with Crippen LogP contribution in [-0.4, -0.2) is 31.7 Å². The molecule has 0 saturated carbocycles. The van der Waals surface area contributed by atoms with Gasteiger partial charge >= 0.3 is 0 Å². The lowest BCUT2D eigenvalue weighted by atomic mass is 10.3. The first-order valence-electron chi connectivity index (χ1n) is 6.00. The molecule has 5 heteroatoms.